The second kappa shape index (κ2) is 5.76. The highest BCUT2D eigenvalue weighted by atomic mass is 35.5. The number of benzene rings is 1. The van der Waals surface area contributed by atoms with Crippen LogP contribution in [-0.4, -0.2) is 17.8 Å². The van der Waals surface area contributed by atoms with E-state index in [2.05, 4.69) is 5.32 Å². The van der Waals surface area contributed by atoms with Crippen molar-refractivity contribution < 1.29 is 9.50 Å². The van der Waals surface area contributed by atoms with Crippen molar-refractivity contribution in [2.75, 3.05) is 17.6 Å². The summed E-state index contributed by atoms with van der Waals surface area (Å²) < 4.78 is 13.1. The van der Waals surface area contributed by atoms with E-state index in [-0.39, 0.29) is 11.1 Å². The van der Waals surface area contributed by atoms with Crippen LogP contribution in [0.15, 0.2) is 12.1 Å². The minimum atomic E-state index is -0.507. The van der Waals surface area contributed by atoms with Crippen molar-refractivity contribution in [3.63, 3.8) is 0 Å². The Morgan fingerprint density at radius 2 is 2.22 bits per heavy atom. The van der Waals surface area contributed by atoms with Crippen LogP contribution in [-0.2, 0) is 0 Å². The van der Waals surface area contributed by atoms with Crippen molar-refractivity contribution in [3.05, 3.63) is 23.0 Å². The Kier molecular flexibility index (Phi) is 4.30. The number of aliphatic hydroxyl groups is 1. The predicted octanol–water partition coefficient (Wildman–Crippen LogP) is 3.02. The van der Waals surface area contributed by atoms with Gasteiger partial charge in [-0.1, -0.05) is 18.0 Å². The molecule has 3 nitrogen and oxygen atoms in total. The van der Waals surface area contributed by atoms with Gasteiger partial charge in [0.2, 0.25) is 0 Å². The number of nitrogens with one attached hydrogen (secondary N) is 1. The molecule has 1 aliphatic rings. The van der Waals surface area contributed by atoms with Gasteiger partial charge in [-0.2, -0.15) is 0 Å². The minimum absolute atomic E-state index is 0.0652. The molecule has 2 rings (SSSR count). The van der Waals surface area contributed by atoms with Crippen LogP contribution in [0.3, 0.4) is 0 Å². The highest BCUT2D eigenvalue weighted by Crippen LogP contribution is 2.28. The molecule has 4 N–H and O–H groups in total. The summed E-state index contributed by atoms with van der Waals surface area (Å²) in [4.78, 5) is 0. The number of nitrogen functional groups attached to an aromatic ring is 1. The molecule has 1 aromatic rings. The van der Waals surface area contributed by atoms with Gasteiger partial charge in [0.1, 0.15) is 5.82 Å². The van der Waals surface area contributed by atoms with Crippen LogP contribution in [0.5, 0.6) is 0 Å². The Morgan fingerprint density at radius 1 is 1.44 bits per heavy atom. The molecule has 0 saturated heterocycles. The van der Waals surface area contributed by atoms with E-state index in [0.29, 0.717) is 17.3 Å². The van der Waals surface area contributed by atoms with E-state index in [1.807, 2.05) is 0 Å². The van der Waals surface area contributed by atoms with E-state index in [1.165, 1.54) is 12.1 Å². The summed E-state index contributed by atoms with van der Waals surface area (Å²) in [6.07, 6.45) is 3.65. The molecule has 1 aliphatic carbocycles. The van der Waals surface area contributed by atoms with Crippen molar-refractivity contribution in [1.82, 2.24) is 0 Å². The number of rotatable bonds is 3. The maximum Gasteiger partial charge on any atom is 0.143 e. The molecule has 1 saturated carbocycles. The van der Waals surface area contributed by atoms with Gasteiger partial charge in [0.25, 0.3) is 0 Å². The van der Waals surface area contributed by atoms with Gasteiger partial charge in [0, 0.05) is 12.6 Å². The lowest BCUT2D eigenvalue weighted by molar-refractivity contribution is 0.105. The smallest absolute Gasteiger partial charge is 0.143 e. The van der Waals surface area contributed by atoms with Gasteiger partial charge in [-0.15, -0.1) is 0 Å². The molecule has 0 aliphatic heterocycles. The number of halogens is 2. The molecular weight excluding hydrogens is 255 g/mol. The zero-order chi connectivity index (χ0) is 13.1. The summed E-state index contributed by atoms with van der Waals surface area (Å²) in [6.45, 7) is 0.725. The molecule has 0 radical (unpaired) electrons. The average molecular weight is 273 g/mol. The van der Waals surface area contributed by atoms with Crippen LogP contribution in [0.1, 0.15) is 25.7 Å². The fraction of sp³-hybridized carbons (Fsp3) is 0.538. The lowest BCUT2D eigenvalue weighted by Crippen LogP contribution is -2.25. The van der Waals surface area contributed by atoms with Crippen molar-refractivity contribution in [2.45, 2.75) is 31.8 Å². The third-order valence-corrected chi connectivity index (χ3v) is 3.72. The van der Waals surface area contributed by atoms with Crippen molar-refractivity contribution >= 4 is 23.0 Å². The Bertz CT molecular complexity index is 428. The van der Waals surface area contributed by atoms with Crippen molar-refractivity contribution in [2.24, 2.45) is 5.92 Å². The molecule has 0 bridgehead atoms. The van der Waals surface area contributed by atoms with Crippen LogP contribution in [0.25, 0.3) is 0 Å². The number of anilines is 2. The van der Waals surface area contributed by atoms with Gasteiger partial charge < -0.3 is 16.2 Å². The van der Waals surface area contributed by atoms with Gasteiger partial charge >= 0.3 is 0 Å². The molecule has 18 heavy (non-hydrogen) atoms. The highest BCUT2D eigenvalue weighted by Gasteiger charge is 2.20. The van der Waals surface area contributed by atoms with Crippen LogP contribution in [0, 0.1) is 11.7 Å². The molecular formula is C13H18ClFN2O. The first-order valence-corrected chi connectivity index (χ1v) is 6.60. The molecule has 5 heteroatoms. The summed E-state index contributed by atoms with van der Waals surface area (Å²) in [5, 5.41) is 12.8. The maximum absolute atomic E-state index is 13.1. The third-order valence-electron chi connectivity index (χ3n) is 3.43. The van der Waals surface area contributed by atoms with E-state index in [4.69, 9.17) is 17.3 Å². The minimum Gasteiger partial charge on any atom is -0.397 e. The zero-order valence-corrected chi connectivity index (χ0v) is 10.9. The second-order valence-electron chi connectivity index (χ2n) is 4.92. The third kappa shape index (κ3) is 3.27. The fourth-order valence-electron chi connectivity index (χ4n) is 2.42. The molecule has 2 unspecified atom stereocenters. The van der Waals surface area contributed by atoms with E-state index in [9.17, 15) is 9.50 Å². The first kappa shape index (κ1) is 13.4. The summed E-state index contributed by atoms with van der Waals surface area (Å²) in [6, 6.07) is 2.73. The summed E-state index contributed by atoms with van der Waals surface area (Å²) in [5.74, 6) is -0.0789. The molecule has 100 valence electrons. The van der Waals surface area contributed by atoms with Gasteiger partial charge in [0.05, 0.1) is 22.5 Å². The van der Waals surface area contributed by atoms with Crippen LogP contribution >= 0.6 is 11.6 Å². The van der Waals surface area contributed by atoms with E-state index < -0.39 is 5.82 Å². The van der Waals surface area contributed by atoms with Gasteiger partial charge in [-0.3, -0.25) is 0 Å². The van der Waals surface area contributed by atoms with Crippen molar-refractivity contribution in [1.29, 1.82) is 0 Å². The van der Waals surface area contributed by atoms with Crippen LogP contribution < -0.4 is 11.1 Å². The molecule has 2 atom stereocenters. The van der Waals surface area contributed by atoms with Crippen molar-refractivity contribution in [3.8, 4) is 0 Å². The first-order valence-electron chi connectivity index (χ1n) is 6.22. The standard InChI is InChI=1S/C13H18ClFN2O/c14-10-5-13(12(16)6-11(10)15)17-7-8-2-1-3-9(18)4-8/h5-6,8-9,17-18H,1-4,7,16H2. The zero-order valence-electron chi connectivity index (χ0n) is 10.1. The Balaban J connectivity index is 1.95. The highest BCUT2D eigenvalue weighted by molar-refractivity contribution is 6.31. The quantitative estimate of drug-likeness (QED) is 0.742. The Hall–Kier alpha value is -1.00. The number of aliphatic hydroxyl groups excluding tert-OH is 1. The summed E-state index contributed by atoms with van der Waals surface area (Å²) in [7, 11) is 0. The van der Waals surface area contributed by atoms with E-state index in [0.717, 1.165) is 32.2 Å². The second-order valence-corrected chi connectivity index (χ2v) is 5.33. The Labute approximate surface area is 111 Å². The maximum atomic E-state index is 13.1. The normalized spacial score (nSPS) is 23.9. The Morgan fingerprint density at radius 3 is 2.94 bits per heavy atom. The number of hydrogen-bond donors (Lipinski definition) is 3. The molecule has 0 spiro atoms. The van der Waals surface area contributed by atoms with Gasteiger partial charge in [-0.25, -0.2) is 4.39 Å². The number of hydrogen-bond acceptors (Lipinski definition) is 3. The lowest BCUT2D eigenvalue weighted by Gasteiger charge is -2.26. The van der Waals surface area contributed by atoms with E-state index in [1.54, 1.807) is 0 Å². The van der Waals surface area contributed by atoms with E-state index >= 15 is 0 Å². The monoisotopic (exact) mass is 272 g/mol. The van der Waals surface area contributed by atoms with Crippen LogP contribution in [0.2, 0.25) is 5.02 Å². The van der Waals surface area contributed by atoms with Gasteiger partial charge in [0.15, 0.2) is 0 Å². The predicted molar refractivity (Wildman–Crippen MR) is 72.3 cm³/mol. The first-order chi connectivity index (χ1) is 8.56. The van der Waals surface area contributed by atoms with Gasteiger partial charge in [-0.05, 0) is 31.2 Å². The summed E-state index contributed by atoms with van der Waals surface area (Å²) >= 11 is 5.72. The molecule has 0 amide bonds. The number of nitrogens with two attached hydrogens (primary N) is 1. The average Bonchev–Trinajstić information content (AvgIpc) is 2.32. The molecule has 0 aromatic heterocycles. The lowest BCUT2D eigenvalue weighted by atomic mass is 9.87. The SMILES string of the molecule is Nc1cc(F)c(Cl)cc1NCC1CCCC(O)C1. The molecule has 0 heterocycles. The summed E-state index contributed by atoms with van der Waals surface area (Å²) in [5.41, 5.74) is 6.73. The molecule has 1 fully saturated rings. The fourth-order valence-corrected chi connectivity index (χ4v) is 2.58. The van der Waals surface area contributed by atoms with Crippen LogP contribution in [0.4, 0.5) is 15.8 Å². The largest absolute Gasteiger partial charge is 0.397 e. The topological polar surface area (TPSA) is 58.3 Å². The molecule has 1 aromatic carbocycles.